The molecule has 0 fully saturated rings. The zero-order valence-electron chi connectivity index (χ0n) is 11.0. The zero-order chi connectivity index (χ0) is 13.0. The highest BCUT2D eigenvalue weighted by Gasteiger charge is 2.11. The largest absolute Gasteiger partial charge is 0.310 e. The van der Waals surface area contributed by atoms with Crippen LogP contribution in [0.25, 0.3) is 0 Å². The van der Waals surface area contributed by atoms with Gasteiger partial charge in [-0.1, -0.05) is 13.8 Å². The smallest absolute Gasteiger partial charge is 0.196 e. The van der Waals surface area contributed by atoms with E-state index in [9.17, 15) is 0 Å². The average Bonchev–Trinajstić information content (AvgIpc) is 2.96. The van der Waals surface area contributed by atoms with Crippen LogP contribution in [0.2, 0.25) is 0 Å². The second-order valence-corrected chi connectivity index (χ2v) is 4.18. The van der Waals surface area contributed by atoms with Crippen LogP contribution >= 0.6 is 0 Å². The number of aryl methyl sites for hydroxylation is 1. The lowest BCUT2D eigenvalue weighted by molar-refractivity contribution is 0.536. The van der Waals surface area contributed by atoms with Crippen molar-refractivity contribution in [2.45, 2.75) is 32.9 Å². The summed E-state index contributed by atoms with van der Waals surface area (Å²) in [5.74, 6) is 0.670. The van der Waals surface area contributed by atoms with Gasteiger partial charge in [0.05, 0.1) is 13.2 Å². The standard InChI is InChI=1S/C11H19N7/c1-4-10(12-5-2)9-6-13-18(7-9)8-11-14-16-17(3)15-11/h6-7,10,12H,4-5,8H2,1-3H3. The molecule has 0 aromatic carbocycles. The van der Waals surface area contributed by atoms with Gasteiger partial charge in [-0.05, 0) is 18.2 Å². The number of tetrazole rings is 1. The molecule has 1 N–H and O–H groups in total. The van der Waals surface area contributed by atoms with Crippen LogP contribution < -0.4 is 5.32 Å². The molecule has 0 bridgehead atoms. The van der Waals surface area contributed by atoms with Gasteiger partial charge < -0.3 is 5.32 Å². The molecule has 1 unspecified atom stereocenters. The van der Waals surface area contributed by atoms with Gasteiger partial charge in [0, 0.05) is 17.8 Å². The normalized spacial score (nSPS) is 12.8. The lowest BCUT2D eigenvalue weighted by atomic mass is 10.1. The summed E-state index contributed by atoms with van der Waals surface area (Å²) >= 11 is 0. The molecule has 1 atom stereocenters. The molecule has 2 aromatic rings. The number of hydrogen-bond donors (Lipinski definition) is 1. The lowest BCUT2D eigenvalue weighted by Gasteiger charge is -2.12. The highest BCUT2D eigenvalue weighted by molar-refractivity contribution is 5.10. The fourth-order valence-corrected chi connectivity index (χ4v) is 1.92. The number of hydrogen-bond acceptors (Lipinski definition) is 5. The van der Waals surface area contributed by atoms with Gasteiger partial charge >= 0.3 is 0 Å². The first kappa shape index (κ1) is 12.7. The van der Waals surface area contributed by atoms with Crippen LogP contribution in [0.1, 0.15) is 37.7 Å². The molecular weight excluding hydrogens is 230 g/mol. The number of nitrogens with zero attached hydrogens (tertiary/aromatic N) is 6. The van der Waals surface area contributed by atoms with Crippen molar-refractivity contribution in [2.75, 3.05) is 6.54 Å². The Hall–Kier alpha value is -1.76. The van der Waals surface area contributed by atoms with Gasteiger partial charge in [0.1, 0.15) is 6.54 Å². The Bertz CT molecular complexity index is 487. The highest BCUT2D eigenvalue weighted by atomic mass is 15.6. The van der Waals surface area contributed by atoms with E-state index in [0.29, 0.717) is 18.4 Å². The van der Waals surface area contributed by atoms with Crippen LogP contribution in [-0.2, 0) is 13.6 Å². The van der Waals surface area contributed by atoms with Crippen LogP contribution in [0.5, 0.6) is 0 Å². The maximum Gasteiger partial charge on any atom is 0.196 e. The summed E-state index contributed by atoms with van der Waals surface area (Å²) in [5, 5.41) is 19.6. The van der Waals surface area contributed by atoms with Crippen molar-refractivity contribution in [2.24, 2.45) is 7.05 Å². The first-order valence-electron chi connectivity index (χ1n) is 6.21. The fourth-order valence-electron chi connectivity index (χ4n) is 1.92. The minimum Gasteiger partial charge on any atom is -0.310 e. The molecule has 18 heavy (non-hydrogen) atoms. The Balaban J connectivity index is 2.05. The van der Waals surface area contributed by atoms with Crippen LogP contribution in [0.4, 0.5) is 0 Å². The van der Waals surface area contributed by atoms with Gasteiger partial charge in [0.2, 0.25) is 0 Å². The van der Waals surface area contributed by atoms with Crippen LogP contribution in [-0.4, -0.2) is 36.5 Å². The van der Waals surface area contributed by atoms with E-state index in [1.165, 1.54) is 10.4 Å². The van der Waals surface area contributed by atoms with Gasteiger partial charge in [0.25, 0.3) is 0 Å². The molecule has 0 spiro atoms. The van der Waals surface area contributed by atoms with Gasteiger partial charge in [-0.3, -0.25) is 4.68 Å². The Morgan fingerprint density at radius 2 is 2.22 bits per heavy atom. The van der Waals surface area contributed by atoms with E-state index < -0.39 is 0 Å². The van der Waals surface area contributed by atoms with Crippen molar-refractivity contribution in [1.82, 2.24) is 35.3 Å². The fraction of sp³-hybridized carbons (Fsp3) is 0.636. The second-order valence-electron chi connectivity index (χ2n) is 4.18. The summed E-state index contributed by atoms with van der Waals surface area (Å²) in [6, 6.07) is 0.360. The van der Waals surface area contributed by atoms with Crippen LogP contribution in [0.3, 0.4) is 0 Å². The van der Waals surface area contributed by atoms with Gasteiger partial charge in [-0.25, -0.2) is 0 Å². The summed E-state index contributed by atoms with van der Waals surface area (Å²) in [4.78, 5) is 1.45. The maximum atomic E-state index is 4.33. The van der Waals surface area contributed by atoms with E-state index in [4.69, 9.17) is 0 Å². The summed E-state index contributed by atoms with van der Waals surface area (Å²) in [6.07, 6.45) is 4.98. The van der Waals surface area contributed by atoms with Crippen molar-refractivity contribution < 1.29 is 0 Å². The van der Waals surface area contributed by atoms with E-state index in [0.717, 1.165) is 13.0 Å². The van der Waals surface area contributed by atoms with Crippen LogP contribution in [0, 0.1) is 0 Å². The third kappa shape index (κ3) is 2.92. The molecule has 0 radical (unpaired) electrons. The van der Waals surface area contributed by atoms with E-state index in [2.05, 4.69) is 39.7 Å². The molecule has 0 amide bonds. The Morgan fingerprint density at radius 3 is 2.83 bits per heavy atom. The Labute approximate surface area is 106 Å². The molecule has 98 valence electrons. The van der Waals surface area contributed by atoms with Crippen molar-refractivity contribution >= 4 is 0 Å². The molecule has 0 aliphatic heterocycles. The summed E-state index contributed by atoms with van der Waals surface area (Å²) < 4.78 is 1.84. The number of rotatable bonds is 6. The molecular formula is C11H19N7. The molecule has 2 aromatic heterocycles. The second kappa shape index (κ2) is 5.72. The molecule has 0 aliphatic rings. The highest BCUT2D eigenvalue weighted by Crippen LogP contribution is 2.15. The lowest BCUT2D eigenvalue weighted by Crippen LogP contribution is -2.19. The maximum absolute atomic E-state index is 4.33. The van der Waals surface area contributed by atoms with Gasteiger partial charge in [-0.2, -0.15) is 9.90 Å². The average molecular weight is 249 g/mol. The predicted octanol–water partition coefficient (Wildman–Crippen LogP) is 0.515. The van der Waals surface area contributed by atoms with E-state index in [1.807, 2.05) is 17.1 Å². The quantitative estimate of drug-likeness (QED) is 0.807. The minimum atomic E-state index is 0.360. The summed E-state index contributed by atoms with van der Waals surface area (Å²) in [5.41, 5.74) is 1.20. The van der Waals surface area contributed by atoms with Crippen molar-refractivity contribution in [3.05, 3.63) is 23.8 Å². The first-order valence-corrected chi connectivity index (χ1v) is 6.21. The molecule has 0 saturated heterocycles. The summed E-state index contributed by atoms with van der Waals surface area (Å²) in [7, 11) is 1.75. The monoisotopic (exact) mass is 249 g/mol. The van der Waals surface area contributed by atoms with Crippen LogP contribution in [0.15, 0.2) is 12.4 Å². The number of nitrogens with one attached hydrogen (secondary N) is 1. The molecule has 0 aliphatic carbocycles. The number of aromatic nitrogens is 6. The predicted molar refractivity (Wildman–Crippen MR) is 66.8 cm³/mol. The zero-order valence-corrected chi connectivity index (χ0v) is 11.0. The SMILES string of the molecule is CCNC(CC)c1cnn(Cc2nnn(C)n2)c1. The molecule has 2 heterocycles. The first-order chi connectivity index (χ1) is 8.72. The van der Waals surface area contributed by atoms with Gasteiger partial charge in [0.15, 0.2) is 5.82 Å². The third-order valence-electron chi connectivity index (χ3n) is 2.77. The topological polar surface area (TPSA) is 73.5 Å². The molecule has 2 rings (SSSR count). The van der Waals surface area contributed by atoms with Crippen molar-refractivity contribution in [3.8, 4) is 0 Å². The van der Waals surface area contributed by atoms with Crippen molar-refractivity contribution in [3.63, 3.8) is 0 Å². The third-order valence-corrected chi connectivity index (χ3v) is 2.77. The van der Waals surface area contributed by atoms with E-state index in [-0.39, 0.29) is 0 Å². The van der Waals surface area contributed by atoms with Crippen molar-refractivity contribution in [1.29, 1.82) is 0 Å². The summed E-state index contributed by atoms with van der Waals surface area (Å²) in [6.45, 7) is 5.78. The molecule has 7 nitrogen and oxygen atoms in total. The van der Waals surface area contributed by atoms with Gasteiger partial charge in [-0.15, -0.1) is 10.2 Å². The molecule has 0 saturated carbocycles. The Kier molecular flexibility index (Phi) is 4.03. The Morgan fingerprint density at radius 1 is 1.39 bits per heavy atom. The molecule has 7 heteroatoms. The minimum absolute atomic E-state index is 0.360. The van der Waals surface area contributed by atoms with E-state index >= 15 is 0 Å². The van der Waals surface area contributed by atoms with E-state index in [1.54, 1.807) is 7.05 Å².